The summed E-state index contributed by atoms with van der Waals surface area (Å²) in [6.07, 6.45) is 6.70. The average Bonchev–Trinajstić information content (AvgIpc) is 2.28. The lowest BCUT2D eigenvalue weighted by atomic mass is 10.4. The van der Waals surface area contributed by atoms with E-state index in [0.29, 0.717) is 6.54 Å². The van der Waals surface area contributed by atoms with Gasteiger partial charge in [0.1, 0.15) is 12.2 Å². The SMILES string of the molecule is Cc1nccc(CNc2cncnc2)n1. The van der Waals surface area contributed by atoms with E-state index >= 15 is 0 Å². The fraction of sp³-hybridized carbons (Fsp3) is 0.200. The monoisotopic (exact) mass is 201 g/mol. The Balaban J connectivity index is 1.99. The minimum Gasteiger partial charge on any atom is -0.377 e. The first kappa shape index (κ1) is 9.51. The van der Waals surface area contributed by atoms with E-state index in [0.717, 1.165) is 17.2 Å². The lowest BCUT2D eigenvalue weighted by molar-refractivity contribution is 0.952. The highest BCUT2D eigenvalue weighted by molar-refractivity contribution is 5.37. The van der Waals surface area contributed by atoms with E-state index in [1.807, 2.05) is 13.0 Å². The molecule has 0 spiro atoms. The van der Waals surface area contributed by atoms with E-state index in [1.165, 1.54) is 6.33 Å². The van der Waals surface area contributed by atoms with Crippen LogP contribution in [-0.4, -0.2) is 19.9 Å². The summed E-state index contributed by atoms with van der Waals surface area (Å²) in [6, 6.07) is 1.88. The maximum Gasteiger partial charge on any atom is 0.125 e. The maximum absolute atomic E-state index is 4.27. The first-order valence-electron chi connectivity index (χ1n) is 4.62. The number of hydrogen-bond acceptors (Lipinski definition) is 5. The third-order valence-corrected chi connectivity index (χ3v) is 1.87. The molecule has 0 bridgehead atoms. The summed E-state index contributed by atoms with van der Waals surface area (Å²) in [6.45, 7) is 2.52. The van der Waals surface area contributed by atoms with E-state index < -0.39 is 0 Å². The molecule has 2 aromatic rings. The number of aromatic nitrogens is 4. The minimum absolute atomic E-state index is 0.650. The zero-order valence-electron chi connectivity index (χ0n) is 8.38. The largest absolute Gasteiger partial charge is 0.377 e. The van der Waals surface area contributed by atoms with Gasteiger partial charge in [0.05, 0.1) is 30.3 Å². The van der Waals surface area contributed by atoms with Gasteiger partial charge >= 0.3 is 0 Å². The van der Waals surface area contributed by atoms with E-state index in [-0.39, 0.29) is 0 Å². The Morgan fingerprint density at radius 1 is 1.27 bits per heavy atom. The van der Waals surface area contributed by atoms with Gasteiger partial charge in [-0.05, 0) is 13.0 Å². The van der Waals surface area contributed by atoms with E-state index in [2.05, 4.69) is 25.3 Å². The molecule has 15 heavy (non-hydrogen) atoms. The van der Waals surface area contributed by atoms with Gasteiger partial charge in [-0.3, -0.25) is 0 Å². The molecule has 0 saturated carbocycles. The summed E-state index contributed by atoms with van der Waals surface area (Å²) >= 11 is 0. The van der Waals surface area contributed by atoms with Crippen molar-refractivity contribution < 1.29 is 0 Å². The fourth-order valence-corrected chi connectivity index (χ4v) is 1.19. The Labute approximate surface area is 87.6 Å². The first-order valence-corrected chi connectivity index (χ1v) is 4.62. The molecule has 0 radical (unpaired) electrons. The lowest BCUT2D eigenvalue weighted by Gasteiger charge is -2.04. The number of rotatable bonds is 3. The van der Waals surface area contributed by atoms with Crippen molar-refractivity contribution in [2.75, 3.05) is 5.32 Å². The van der Waals surface area contributed by atoms with Gasteiger partial charge in [-0.1, -0.05) is 0 Å². The molecule has 0 fully saturated rings. The molecule has 5 heteroatoms. The van der Waals surface area contributed by atoms with Gasteiger partial charge in [0, 0.05) is 6.20 Å². The molecule has 0 amide bonds. The molecule has 76 valence electrons. The summed E-state index contributed by atoms with van der Waals surface area (Å²) in [5, 5.41) is 3.17. The van der Waals surface area contributed by atoms with Crippen LogP contribution in [0.4, 0.5) is 5.69 Å². The molecule has 0 aliphatic rings. The van der Waals surface area contributed by atoms with Crippen molar-refractivity contribution in [3.63, 3.8) is 0 Å². The molecule has 0 atom stereocenters. The van der Waals surface area contributed by atoms with Crippen molar-refractivity contribution in [1.29, 1.82) is 0 Å². The van der Waals surface area contributed by atoms with Gasteiger partial charge in [0.2, 0.25) is 0 Å². The lowest BCUT2D eigenvalue weighted by Crippen LogP contribution is -2.03. The van der Waals surface area contributed by atoms with Crippen molar-refractivity contribution in [3.05, 3.63) is 42.5 Å². The molecule has 0 aliphatic heterocycles. The topological polar surface area (TPSA) is 63.6 Å². The minimum atomic E-state index is 0.650. The Bertz CT molecular complexity index is 429. The van der Waals surface area contributed by atoms with Crippen molar-refractivity contribution in [2.24, 2.45) is 0 Å². The highest BCUT2D eigenvalue weighted by Gasteiger charge is 1.96. The fourth-order valence-electron chi connectivity index (χ4n) is 1.19. The van der Waals surface area contributed by atoms with Gasteiger partial charge in [-0.25, -0.2) is 19.9 Å². The number of aryl methyl sites for hydroxylation is 1. The second kappa shape index (κ2) is 4.45. The highest BCUT2D eigenvalue weighted by Crippen LogP contribution is 2.03. The van der Waals surface area contributed by atoms with Crippen LogP contribution in [-0.2, 0) is 6.54 Å². The average molecular weight is 201 g/mol. The molecule has 5 nitrogen and oxygen atoms in total. The van der Waals surface area contributed by atoms with Crippen LogP contribution >= 0.6 is 0 Å². The third-order valence-electron chi connectivity index (χ3n) is 1.87. The zero-order chi connectivity index (χ0) is 10.5. The van der Waals surface area contributed by atoms with Crippen molar-refractivity contribution >= 4 is 5.69 Å². The first-order chi connectivity index (χ1) is 7.34. The predicted molar refractivity (Wildman–Crippen MR) is 56.1 cm³/mol. The second-order valence-electron chi connectivity index (χ2n) is 3.08. The van der Waals surface area contributed by atoms with Gasteiger partial charge in [-0.2, -0.15) is 0 Å². The van der Waals surface area contributed by atoms with Gasteiger partial charge in [0.15, 0.2) is 0 Å². The number of hydrogen-bond donors (Lipinski definition) is 1. The standard InChI is InChI=1S/C10H11N5/c1-8-13-3-2-9(15-8)6-14-10-4-11-7-12-5-10/h2-5,7,14H,6H2,1H3. The van der Waals surface area contributed by atoms with E-state index in [9.17, 15) is 0 Å². The Morgan fingerprint density at radius 2 is 2.07 bits per heavy atom. The van der Waals surface area contributed by atoms with Crippen molar-refractivity contribution in [2.45, 2.75) is 13.5 Å². The number of nitrogens with one attached hydrogen (secondary N) is 1. The molecule has 0 aliphatic carbocycles. The van der Waals surface area contributed by atoms with Crippen LogP contribution in [0.15, 0.2) is 31.0 Å². The summed E-state index contributed by atoms with van der Waals surface area (Å²) in [4.78, 5) is 16.1. The normalized spacial score (nSPS) is 9.93. The third kappa shape index (κ3) is 2.70. The van der Waals surface area contributed by atoms with Crippen LogP contribution in [0.3, 0.4) is 0 Å². The summed E-state index contributed by atoms with van der Waals surface area (Å²) in [5.74, 6) is 0.776. The van der Waals surface area contributed by atoms with Crippen LogP contribution in [0.2, 0.25) is 0 Å². The van der Waals surface area contributed by atoms with E-state index in [1.54, 1.807) is 18.6 Å². The van der Waals surface area contributed by atoms with Crippen molar-refractivity contribution in [1.82, 2.24) is 19.9 Å². The Morgan fingerprint density at radius 3 is 2.80 bits per heavy atom. The maximum atomic E-state index is 4.27. The summed E-state index contributed by atoms with van der Waals surface area (Å²) in [5.41, 5.74) is 1.83. The predicted octanol–water partition coefficient (Wildman–Crippen LogP) is 1.19. The highest BCUT2D eigenvalue weighted by atomic mass is 15.0. The zero-order valence-corrected chi connectivity index (χ0v) is 8.38. The van der Waals surface area contributed by atoms with Crippen molar-refractivity contribution in [3.8, 4) is 0 Å². The molecule has 0 saturated heterocycles. The Kier molecular flexibility index (Phi) is 2.82. The van der Waals surface area contributed by atoms with Crippen LogP contribution < -0.4 is 5.32 Å². The van der Waals surface area contributed by atoms with Crippen LogP contribution in [0.1, 0.15) is 11.5 Å². The van der Waals surface area contributed by atoms with Gasteiger partial charge in [-0.15, -0.1) is 0 Å². The molecular weight excluding hydrogens is 190 g/mol. The summed E-state index contributed by atoms with van der Waals surface area (Å²) < 4.78 is 0. The molecule has 2 rings (SSSR count). The smallest absolute Gasteiger partial charge is 0.125 e. The number of anilines is 1. The second-order valence-corrected chi connectivity index (χ2v) is 3.08. The molecule has 0 aromatic carbocycles. The Hall–Kier alpha value is -2.04. The molecule has 2 heterocycles. The quantitative estimate of drug-likeness (QED) is 0.808. The summed E-state index contributed by atoms with van der Waals surface area (Å²) in [7, 11) is 0. The number of nitrogens with zero attached hydrogens (tertiary/aromatic N) is 4. The van der Waals surface area contributed by atoms with Gasteiger partial charge in [0.25, 0.3) is 0 Å². The van der Waals surface area contributed by atoms with Crippen LogP contribution in [0.5, 0.6) is 0 Å². The molecular formula is C10H11N5. The molecule has 2 aromatic heterocycles. The molecule has 0 unspecified atom stereocenters. The van der Waals surface area contributed by atoms with Crippen LogP contribution in [0.25, 0.3) is 0 Å². The molecule has 1 N–H and O–H groups in total. The van der Waals surface area contributed by atoms with Gasteiger partial charge < -0.3 is 5.32 Å². The van der Waals surface area contributed by atoms with E-state index in [4.69, 9.17) is 0 Å². The van der Waals surface area contributed by atoms with Crippen LogP contribution in [0, 0.1) is 6.92 Å².